The van der Waals surface area contributed by atoms with Crippen LogP contribution in [0.25, 0.3) is 77.2 Å². The van der Waals surface area contributed by atoms with Crippen LogP contribution < -0.4 is 0 Å². The molecule has 9 aromatic rings. The molecule has 4 nitrogen and oxygen atoms in total. The Hall–Kier alpha value is -6.88. The van der Waals surface area contributed by atoms with Crippen molar-refractivity contribution in [3.05, 3.63) is 169 Å². The summed E-state index contributed by atoms with van der Waals surface area (Å²) in [6.07, 6.45) is 0. The highest BCUT2D eigenvalue weighted by atomic mass is 15.0. The molecule has 0 amide bonds. The predicted octanol–water partition coefficient (Wildman–Crippen LogP) is 11.0. The SMILES string of the molecule is N#Cc1ccc2c3ccccc3n(-c3ccccc3-c3ccccc3-c3cc(-n4c5ccccc5c5ccccc54)ccc3C#N)c2c1. The summed E-state index contributed by atoms with van der Waals surface area (Å²) in [7, 11) is 0. The topological polar surface area (TPSA) is 57.4 Å². The average Bonchev–Trinajstić information content (AvgIpc) is 3.67. The minimum absolute atomic E-state index is 0.611. The van der Waals surface area contributed by atoms with E-state index in [0.29, 0.717) is 11.1 Å². The van der Waals surface area contributed by atoms with Gasteiger partial charge in [0, 0.05) is 38.4 Å². The minimum atomic E-state index is 0.611. The van der Waals surface area contributed by atoms with E-state index in [1.54, 1.807) is 0 Å². The van der Waals surface area contributed by atoms with Gasteiger partial charge in [0.05, 0.1) is 51.0 Å². The maximum absolute atomic E-state index is 10.4. The molecule has 0 fully saturated rings. The lowest BCUT2D eigenvalue weighted by Gasteiger charge is -2.18. The fourth-order valence-electron chi connectivity index (χ4n) is 7.34. The third kappa shape index (κ3) is 4.07. The zero-order valence-corrected chi connectivity index (χ0v) is 25.8. The highest BCUT2D eigenvalue weighted by Crippen LogP contribution is 2.41. The largest absolute Gasteiger partial charge is 0.309 e. The quantitative estimate of drug-likeness (QED) is 0.199. The van der Waals surface area contributed by atoms with Crippen LogP contribution in [0.15, 0.2) is 158 Å². The Morgan fingerprint density at radius 3 is 1.52 bits per heavy atom. The predicted molar refractivity (Wildman–Crippen MR) is 195 cm³/mol. The number of rotatable bonds is 4. The van der Waals surface area contributed by atoms with Crippen molar-refractivity contribution in [1.82, 2.24) is 9.13 Å². The Morgan fingerprint density at radius 2 is 0.896 bits per heavy atom. The number of benzene rings is 7. The molecule has 0 radical (unpaired) electrons. The molecule has 2 heterocycles. The van der Waals surface area contributed by atoms with E-state index in [9.17, 15) is 10.5 Å². The van der Waals surface area contributed by atoms with Crippen LogP contribution in [0.1, 0.15) is 11.1 Å². The summed E-state index contributed by atoms with van der Waals surface area (Å²) in [6.45, 7) is 0. The lowest BCUT2D eigenvalue weighted by molar-refractivity contribution is 1.18. The van der Waals surface area contributed by atoms with Crippen molar-refractivity contribution in [3.63, 3.8) is 0 Å². The maximum atomic E-state index is 10.4. The van der Waals surface area contributed by atoms with Gasteiger partial charge in [0.1, 0.15) is 0 Å². The van der Waals surface area contributed by atoms with Gasteiger partial charge in [-0.3, -0.25) is 0 Å². The summed E-state index contributed by atoms with van der Waals surface area (Å²) < 4.78 is 4.55. The first-order chi connectivity index (χ1) is 23.7. The van der Waals surface area contributed by atoms with Gasteiger partial charge < -0.3 is 9.13 Å². The Labute approximate surface area is 277 Å². The monoisotopic (exact) mass is 610 g/mol. The average molecular weight is 611 g/mol. The Bertz CT molecular complexity index is 2760. The highest BCUT2D eigenvalue weighted by molar-refractivity contribution is 6.11. The molecular weight excluding hydrogens is 585 g/mol. The summed E-state index contributed by atoms with van der Waals surface area (Å²) in [6, 6.07) is 58.9. The Kier molecular flexibility index (Phi) is 6.22. The standard InChI is InChI=1S/C44H26N4/c45-27-29-21-24-38-37-16-6-10-20-43(37)48(44(38)25-29)42-19-9-3-13-34(42)32-11-1-2-12-33(32)39-26-31(23-22-30(39)28-46)47-40-17-7-4-14-35(40)36-15-5-8-18-41(36)47/h1-26H. The van der Waals surface area contributed by atoms with E-state index in [4.69, 9.17) is 0 Å². The molecule has 7 aromatic carbocycles. The number of aromatic nitrogens is 2. The fourth-order valence-corrected chi connectivity index (χ4v) is 7.34. The molecule has 4 heteroatoms. The van der Waals surface area contributed by atoms with Crippen LogP contribution in [0.4, 0.5) is 0 Å². The zero-order chi connectivity index (χ0) is 32.2. The molecule has 0 atom stereocenters. The second kappa shape index (κ2) is 10.9. The van der Waals surface area contributed by atoms with Gasteiger partial charge in [-0.2, -0.15) is 10.5 Å². The van der Waals surface area contributed by atoms with Crippen molar-refractivity contribution in [3.8, 4) is 45.8 Å². The third-order valence-electron chi connectivity index (χ3n) is 9.42. The third-order valence-corrected chi connectivity index (χ3v) is 9.42. The van der Waals surface area contributed by atoms with Crippen LogP contribution in [-0.2, 0) is 0 Å². The molecule has 222 valence electrons. The van der Waals surface area contributed by atoms with Crippen molar-refractivity contribution in [2.75, 3.05) is 0 Å². The van der Waals surface area contributed by atoms with Gasteiger partial charge >= 0.3 is 0 Å². The first-order valence-corrected chi connectivity index (χ1v) is 15.9. The smallest absolute Gasteiger partial charge is 0.0998 e. The maximum Gasteiger partial charge on any atom is 0.0998 e. The molecule has 0 aliphatic carbocycles. The summed E-state index contributed by atoms with van der Waals surface area (Å²) in [5.41, 5.74) is 11.4. The van der Waals surface area contributed by atoms with Crippen molar-refractivity contribution >= 4 is 43.6 Å². The van der Waals surface area contributed by atoms with Crippen LogP contribution in [-0.4, -0.2) is 9.13 Å². The molecule has 0 spiro atoms. The molecule has 9 rings (SSSR count). The zero-order valence-electron chi connectivity index (χ0n) is 25.8. The van der Waals surface area contributed by atoms with Gasteiger partial charge in [-0.1, -0.05) is 103 Å². The molecular formula is C44H26N4. The molecule has 0 aliphatic heterocycles. The van der Waals surface area contributed by atoms with Gasteiger partial charge in [0.25, 0.3) is 0 Å². The lowest BCUT2D eigenvalue weighted by atomic mass is 9.91. The van der Waals surface area contributed by atoms with Crippen LogP contribution in [0.3, 0.4) is 0 Å². The number of nitriles is 2. The molecule has 0 N–H and O–H groups in total. The van der Waals surface area contributed by atoms with E-state index >= 15 is 0 Å². The number of hydrogen-bond donors (Lipinski definition) is 0. The molecule has 0 saturated heterocycles. The molecule has 0 aliphatic rings. The number of fused-ring (bicyclic) bond motifs is 6. The van der Waals surface area contributed by atoms with Gasteiger partial charge in [-0.05, 0) is 65.7 Å². The van der Waals surface area contributed by atoms with Crippen molar-refractivity contribution in [2.45, 2.75) is 0 Å². The lowest BCUT2D eigenvalue weighted by Crippen LogP contribution is -1.99. The van der Waals surface area contributed by atoms with E-state index in [1.807, 2.05) is 36.4 Å². The summed E-state index contributed by atoms with van der Waals surface area (Å²) in [5.74, 6) is 0. The van der Waals surface area contributed by atoms with E-state index in [-0.39, 0.29) is 0 Å². The normalized spacial score (nSPS) is 11.3. The van der Waals surface area contributed by atoms with E-state index in [0.717, 1.165) is 66.5 Å². The van der Waals surface area contributed by atoms with Gasteiger partial charge in [0.15, 0.2) is 0 Å². The number of para-hydroxylation sites is 4. The molecule has 2 aromatic heterocycles. The van der Waals surface area contributed by atoms with Crippen molar-refractivity contribution in [2.24, 2.45) is 0 Å². The van der Waals surface area contributed by atoms with Crippen LogP contribution in [0.5, 0.6) is 0 Å². The number of hydrogen-bond acceptors (Lipinski definition) is 2. The summed E-state index contributed by atoms with van der Waals surface area (Å²) >= 11 is 0. The van der Waals surface area contributed by atoms with Gasteiger partial charge in [-0.25, -0.2) is 0 Å². The summed E-state index contributed by atoms with van der Waals surface area (Å²) in [4.78, 5) is 0. The Morgan fingerprint density at radius 1 is 0.375 bits per heavy atom. The van der Waals surface area contributed by atoms with Gasteiger partial charge in [0.2, 0.25) is 0 Å². The minimum Gasteiger partial charge on any atom is -0.309 e. The van der Waals surface area contributed by atoms with E-state index in [2.05, 4.69) is 143 Å². The van der Waals surface area contributed by atoms with E-state index in [1.165, 1.54) is 10.8 Å². The first kappa shape index (κ1) is 27.4. The highest BCUT2D eigenvalue weighted by Gasteiger charge is 2.20. The van der Waals surface area contributed by atoms with Crippen LogP contribution in [0.2, 0.25) is 0 Å². The fraction of sp³-hybridized carbons (Fsp3) is 0. The number of nitrogens with zero attached hydrogens (tertiary/aromatic N) is 4. The summed E-state index contributed by atoms with van der Waals surface area (Å²) in [5, 5.41) is 24.8. The second-order valence-corrected chi connectivity index (χ2v) is 12.0. The van der Waals surface area contributed by atoms with Crippen LogP contribution >= 0.6 is 0 Å². The second-order valence-electron chi connectivity index (χ2n) is 12.0. The van der Waals surface area contributed by atoms with Crippen LogP contribution in [0, 0.1) is 22.7 Å². The first-order valence-electron chi connectivity index (χ1n) is 15.9. The van der Waals surface area contributed by atoms with E-state index < -0.39 is 0 Å². The van der Waals surface area contributed by atoms with Crippen molar-refractivity contribution in [1.29, 1.82) is 10.5 Å². The van der Waals surface area contributed by atoms with Crippen molar-refractivity contribution < 1.29 is 0 Å². The molecule has 0 bridgehead atoms. The molecule has 0 unspecified atom stereocenters. The Balaban J connectivity index is 1.30. The molecule has 0 saturated carbocycles. The van der Waals surface area contributed by atoms with Gasteiger partial charge in [-0.15, -0.1) is 0 Å². The molecule has 48 heavy (non-hydrogen) atoms.